The number of ether oxygens (including phenoxy) is 4. The second-order valence-electron chi connectivity index (χ2n) is 27.2. The number of hydrogen-bond acceptors (Lipinski definition) is 15. The van der Waals surface area contributed by atoms with Crippen molar-refractivity contribution in [1.82, 2.24) is 30.2 Å². The highest BCUT2D eigenvalue weighted by molar-refractivity contribution is 6.07. The molecule has 21 heteroatoms. The second-order valence-corrected chi connectivity index (χ2v) is 27.2. The van der Waals surface area contributed by atoms with Crippen molar-refractivity contribution in [3.05, 3.63) is 107 Å². The predicted octanol–water partition coefficient (Wildman–Crippen LogP) is 10.4. The zero-order chi connectivity index (χ0) is 66.4. The molecule has 2 aliphatic carbocycles. The van der Waals surface area contributed by atoms with E-state index in [0.717, 1.165) is 79.6 Å². The second kappa shape index (κ2) is 29.4. The van der Waals surface area contributed by atoms with E-state index in [1.54, 1.807) is 66.4 Å². The Bertz CT molecular complexity index is 3690. The van der Waals surface area contributed by atoms with Crippen molar-refractivity contribution in [2.24, 2.45) is 39.6 Å². The van der Waals surface area contributed by atoms with Crippen LogP contribution in [0.15, 0.2) is 95.2 Å². The van der Waals surface area contributed by atoms with Crippen LogP contribution in [0.1, 0.15) is 149 Å². The average molecular weight is 1300 g/mol. The highest BCUT2D eigenvalue weighted by Gasteiger charge is 2.47. The molecule has 4 fully saturated rings. The number of hydrogen-bond donors (Lipinski definition) is 3. The average Bonchev–Trinajstić information content (AvgIpc) is 1.68. The van der Waals surface area contributed by atoms with Crippen LogP contribution in [0.4, 0.5) is 22.7 Å². The first-order valence-electron chi connectivity index (χ1n) is 34.2. The number of carbonyl (C=O) groups excluding carboxylic acids is 7. The lowest BCUT2D eigenvalue weighted by Gasteiger charge is -2.34. The lowest BCUT2D eigenvalue weighted by molar-refractivity contribution is -0.140. The minimum atomic E-state index is -0.923. The van der Waals surface area contributed by atoms with Gasteiger partial charge in [0.25, 0.3) is 11.8 Å². The molecule has 3 N–H and O–H groups in total. The number of nitrogens with one attached hydrogen (secondary N) is 3. The zero-order valence-corrected chi connectivity index (χ0v) is 55.6. The van der Waals surface area contributed by atoms with E-state index in [2.05, 4.69) is 57.1 Å². The normalized spacial score (nSPS) is 22.9. The minimum Gasteiger partial charge on any atom is -0.493 e. The van der Waals surface area contributed by atoms with Crippen LogP contribution in [-0.2, 0) is 24.0 Å². The number of piperazine rings is 1. The summed E-state index contributed by atoms with van der Waals surface area (Å²) in [5.74, 6) is 1.36. The lowest BCUT2D eigenvalue weighted by atomic mass is 9.83. The van der Waals surface area contributed by atoms with E-state index in [9.17, 15) is 33.6 Å². The Balaban J connectivity index is 0.575. The number of amides is 7. The maximum atomic E-state index is 14.2. The van der Waals surface area contributed by atoms with E-state index >= 15 is 0 Å². The van der Waals surface area contributed by atoms with Crippen LogP contribution in [0.5, 0.6) is 23.0 Å². The van der Waals surface area contributed by atoms with Gasteiger partial charge in [-0.05, 0) is 128 Å². The molecule has 0 aromatic heterocycles. The summed E-state index contributed by atoms with van der Waals surface area (Å²) in [5.41, 5.74) is 7.37. The van der Waals surface area contributed by atoms with Gasteiger partial charge < -0.3 is 54.5 Å². The van der Waals surface area contributed by atoms with Gasteiger partial charge in [0.2, 0.25) is 29.5 Å². The molecule has 0 spiro atoms. The number of likely N-dealkylation sites (tertiary alicyclic amines) is 1. The molecule has 5 unspecified atom stereocenters. The van der Waals surface area contributed by atoms with Crippen LogP contribution >= 0.6 is 0 Å². The van der Waals surface area contributed by atoms with Crippen LogP contribution < -0.4 is 39.8 Å². The number of rotatable bonds is 24. The van der Waals surface area contributed by atoms with Gasteiger partial charge in [-0.1, -0.05) is 70.2 Å². The Morgan fingerprint density at radius 1 is 0.611 bits per heavy atom. The fourth-order valence-corrected chi connectivity index (χ4v) is 14.5. The third-order valence-corrected chi connectivity index (χ3v) is 20.3. The van der Waals surface area contributed by atoms with E-state index in [1.165, 1.54) is 43.4 Å². The molecule has 2 saturated carbocycles. The lowest BCUT2D eigenvalue weighted by Crippen LogP contribution is -2.53. The number of anilines is 2. The number of likely N-dealkylation sites (N-methyl/N-ethyl adjacent to an activating group) is 1. The number of nitrogens with zero attached hydrogens (tertiary/aromatic N) is 7. The van der Waals surface area contributed by atoms with Crippen molar-refractivity contribution in [2.75, 3.05) is 77.4 Å². The molecule has 4 aromatic rings. The SMILES string of the molecule is COc1cc2c(cc1OCCCOc1cc3c(cc1OC)C(=O)N1C=C(c4ccc(N5CCN(C)CC5)cc4)C[C@H]1C=N3)N=C[C@@H]1CC(c3ccc(NC(=O)[C@H](C)NC(=O)C(NC(=O)CCCCCN4C(=O)CC(C5CCCCCC6CC6C5)C4=O)C(C)C)cc3)=CN1C2=O. The molecule has 7 amide bonds. The van der Waals surface area contributed by atoms with Gasteiger partial charge in [-0.3, -0.25) is 48.4 Å². The van der Waals surface area contributed by atoms with Crippen LogP contribution in [0.25, 0.3) is 11.1 Å². The standard InChI is InChI=1S/C74H90N10O11/c1-45(2)69(79-67(85)16-11-8-12-25-82-68(86)38-58(72(82)89)50-15-10-7-9-14-49-32-51(49)33-50)71(88)77-46(3)70(87)78-54-21-17-47(18-22-54)52-34-56-41-75-61-39-65(63(92-5)36-59(61)73(90)83(56)43-52)94-30-13-31-95-66-40-62-60(37-64(66)93-6)74(91)84-44-53(35-57(84)42-76-62)48-19-23-55(24-20-48)81-28-26-80(4)27-29-81/h17-24,36-37,39-46,49-51,56-58,69H,7-16,25-35,38H2,1-6H3,(H,77,88)(H,78,87)(H,79,85)/t46-,49?,50?,51?,56-,57-,58?,69?/m0/s1. The Hall–Kier alpha value is -8.85. The van der Waals surface area contributed by atoms with Crippen LogP contribution in [0.2, 0.25) is 0 Å². The van der Waals surface area contributed by atoms with Crippen molar-refractivity contribution in [3.8, 4) is 23.0 Å². The number of carbonyl (C=O) groups is 7. The van der Waals surface area contributed by atoms with Crippen LogP contribution in [-0.4, -0.2) is 165 Å². The smallest absolute Gasteiger partial charge is 0.260 e. The van der Waals surface area contributed by atoms with Gasteiger partial charge in [-0.2, -0.15) is 0 Å². The van der Waals surface area contributed by atoms with Crippen molar-refractivity contribution < 1.29 is 52.5 Å². The molecule has 4 aromatic carbocycles. The van der Waals surface area contributed by atoms with Crippen LogP contribution in [0, 0.1) is 29.6 Å². The largest absolute Gasteiger partial charge is 0.493 e. The molecule has 12 rings (SSSR count). The molecule has 6 aliphatic heterocycles. The molecular formula is C74H90N10O11. The molecule has 21 nitrogen and oxygen atoms in total. The highest BCUT2D eigenvalue weighted by Crippen LogP contribution is 2.51. The Labute approximate surface area is 556 Å². The summed E-state index contributed by atoms with van der Waals surface area (Å²) in [6, 6.07) is 20.3. The van der Waals surface area contributed by atoms with Crippen molar-refractivity contribution >= 4 is 87.7 Å². The first-order valence-corrected chi connectivity index (χ1v) is 34.2. The minimum absolute atomic E-state index is 0.0120. The molecular weight excluding hydrogens is 1200 g/mol. The quantitative estimate of drug-likeness (QED) is 0.0438. The first kappa shape index (κ1) is 66.2. The fraction of sp³-hybridized carbons (Fsp3) is 0.500. The van der Waals surface area contributed by atoms with E-state index in [4.69, 9.17) is 28.9 Å². The summed E-state index contributed by atoms with van der Waals surface area (Å²) in [6.45, 7) is 10.2. The summed E-state index contributed by atoms with van der Waals surface area (Å²) in [7, 11) is 5.21. The molecule has 8 atom stereocenters. The van der Waals surface area contributed by atoms with Gasteiger partial charge in [-0.25, -0.2) is 0 Å². The number of methoxy groups -OCH3 is 2. The van der Waals surface area contributed by atoms with E-state index in [0.29, 0.717) is 109 Å². The van der Waals surface area contributed by atoms with Gasteiger partial charge in [0, 0.05) is 113 Å². The fourth-order valence-electron chi connectivity index (χ4n) is 14.5. The van der Waals surface area contributed by atoms with Gasteiger partial charge in [0.15, 0.2) is 23.0 Å². The predicted molar refractivity (Wildman–Crippen MR) is 365 cm³/mol. The molecule has 95 heavy (non-hydrogen) atoms. The summed E-state index contributed by atoms with van der Waals surface area (Å²) >= 11 is 0. The van der Waals surface area contributed by atoms with Gasteiger partial charge in [0.1, 0.15) is 12.1 Å². The van der Waals surface area contributed by atoms with Gasteiger partial charge in [0.05, 0.1) is 67.9 Å². The number of fused-ring (bicyclic) bond motifs is 5. The molecule has 502 valence electrons. The third kappa shape index (κ3) is 15.1. The number of imide groups is 1. The third-order valence-electron chi connectivity index (χ3n) is 20.3. The maximum Gasteiger partial charge on any atom is 0.260 e. The Morgan fingerprint density at radius 2 is 1.18 bits per heavy atom. The van der Waals surface area contributed by atoms with E-state index < -0.39 is 23.9 Å². The van der Waals surface area contributed by atoms with E-state index in [-0.39, 0.29) is 73.1 Å². The first-order chi connectivity index (χ1) is 46.0. The molecule has 8 aliphatic rings. The van der Waals surface area contributed by atoms with Crippen molar-refractivity contribution in [3.63, 3.8) is 0 Å². The highest BCUT2D eigenvalue weighted by atomic mass is 16.5. The summed E-state index contributed by atoms with van der Waals surface area (Å²) in [4.78, 5) is 114. The molecule has 0 bridgehead atoms. The van der Waals surface area contributed by atoms with Gasteiger partial charge in [-0.15, -0.1) is 0 Å². The molecule has 6 heterocycles. The van der Waals surface area contributed by atoms with Crippen molar-refractivity contribution in [2.45, 2.75) is 141 Å². The number of aliphatic imine (C=N–C) groups is 2. The summed E-state index contributed by atoms with van der Waals surface area (Å²) in [6.07, 6.45) is 19.6. The molecule has 2 saturated heterocycles. The number of unbranched alkanes of at least 4 members (excludes halogenated alkanes) is 2. The Kier molecular flexibility index (Phi) is 20.5. The van der Waals surface area contributed by atoms with Crippen LogP contribution in [0.3, 0.4) is 0 Å². The topological polar surface area (TPSA) is 233 Å². The van der Waals surface area contributed by atoms with E-state index in [1.807, 2.05) is 44.6 Å². The van der Waals surface area contributed by atoms with Crippen molar-refractivity contribution in [1.29, 1.82) is 0 Å². The summed E-state index contributed by atoms with van der Waals surface area (Å²) < 4.78 is 23.9. The summed E-state index contributed by atoms with van der Waals surface area (Å²) in [5, 5.41) is 8.50. The molecule has 0 radical (unpaired) electrons. The number of benzene rings is 4. The monoisotopic (exact) mass is 1290 g/mol. The Morgan fingerprint density at radius 3 is 1.76 bits per heavy atom. The maximum absolute atomic E-state index is 14.2. The van der Waals surface area contributed by atoms with Gasteiger partial charge >= 0.3 is 0 Å². The zero-order valence-electron chi connectivity index (χ0n) is 55.6.